The normalized spacial score (nSPS) is 11.8. The van der Waals surface area contributed by atoms with E-state index in [1.807, 2.05) is 0 Å². The van der Waals surface area contributed by atoms with Crippen LogP contribution in [0.2, 0.25) is 5.15 Å². The first-order chi connectivity index (χ1) is 11.0. The SMILES string of the molecule is CC(C)Nc1nc(S(C)(=O)=O)nc(Cl)c1-c1c(F)cc(F)cc1F. The largest absolute Gasteiger partial charge is 0.367 e. The lowest BCUT2D eigenvalue weighted by atomic mass is 10.1. The van der Waals surface area contributed by atoms with E-state index in [2.05, 4.69) is 15.3 Å². The third kappa shape index (κ3) is 3.78. The van der Waals surface area contributed by atoms with Crippen molar-refractivity contribution in [3.63, 3.8) is 0 Å². The average molecular weight is 380 g/mol. The van der Waals surface area contributed by atoms with Crippen LogP contribution < -0.4 is 5.32 Å². The highest BCUT2D eigenvalue weighted by molar-refractivity contribution is 7.90. The summed E-state index contributed by atoms with van der Waals surface area (Å²) in [6.45, 7) is 3.41. The zero-order valence-corrected chi connectivity index (χ0v) is 14.4. The predicted molar refractivity (Wildman–Crippen MR) is 84.2 cm³/mol. The van der Waals surface area contributed by atoms with E-state index in [4.69, 9.17) is 11.6 Å². The zero-order valence-electron chi connectivity index (χ0n) is 12.9. The van der Waals surface area contributed by atoms with Crippen molar-refractivity contribution in [2.75, 3.05) is 11.6 Å². The van der Waals surface area contributed by atoms with Gasteiger partial charge in [-0.15, -0.1) is 0 Å². The Morgan fingerprint density at radius 1 is 1.08 bits per heavy atom. The molecule has 1 aromatic heterocycles. The average Bonchev–Trinajstić information content (AvgIpc) is 2.38. The number of hydrogen-bond acceptors (Lipinski definition) is 5. The van der Waals surface area contributed by atoms with E-state index in [-0.39, 0.29) is 17.4 Å². The van der Waals surface area contributed by atoms with E-state index in [1.54, 1.807) is 13.8 Å². The summed E-state index contributed by atoms with van der Waals surface area (Å²) in [6, 6.07) is 0.713. The second kappa shape index (κ2) is 6.56. The maximum absolute atomic E-state index is 14.1. The van der Waals surface area contributed by atoms with Crippen molar-refractivity contribution in [1.29, 1.82) is 0 Å². The molecule has 0 unspecified atom stereocenters. The second-order valence-corrected chi connectivity index (χ2v) is 7.60. The van der Waals surface area contributed by atoms with Gasteiger partial charge in [0.1, 0.15) is 28.4 Å². The highest BCUT2D eigenvalue weighted by atomic mass is 35.5. The van der Waals surface area contributed by atoms with E-state index in [0.29, 0.717) is 12.1 Å². The minimum atomic E-state index is -3.80. The van der Waals surface area contributed by atoms with Gasteiger partial charge in [0.2, 0.25) is 15.0 Å². The first kappa shape index (κ1) is 18.5. The van der Waals surface area contributed by atoms with Crippen LogP contribution in [-0.2, 0) is 9.84 Å². The number of benzene rings is 1. The molecule has 2 rings (SSSR count). The quantitative estimate of drug-likeness (QED) is 0.650. The Hall–Kier alpha value is -1.87. The first-order valence-corrected chi connectivity index (χ1v) is 8.96. The molecule has 0 saturated carbocycles. The molecular weight excluding hydrogens is 367 g/mol. The van der Waals surface area contributed by atoms with Crippen molar-refractivity contribution in [2.24, 2.45) is 0 Å². The van der Waals surface area contributed by atoms with Crippen LogP contribution in [0.15, 0.2) is 17.3 Å². The number of hydrogen-bond donors (Lipinski definition) is 1. The Labute approximate surface area is 141 Å². The molecule has 0 spiro atoms. The van der Waals surface area contributed by atoms with Gasteiger partial charge < -0.3 is 5.32 Å². The van der Waals surface area contributed by atoms with Gasteiger partial charge in [0.05, 0.1) is 11.1 Å². The van der Waals surface area contributed by atoms with Crippen LogP contribution in [0.3, 0.4) is 0 Å². The topological polar surface area (TPSA) is 72.0 Å². The third-order valence-electron chi connectivity index (χ3n) is 2.86. The standard InChI is InChI=1S/C14H13ClF3N3O2S/c1-6(2)19-13-11(10-8(17)4-7(16)5-9(10)18)12(15)20-14(21-13)24(3,22)23/h4-6H,1-3H3,(H,19,20,21). The Morgan fingerprint density at radius 3 is 2.08 bits per heavy atom. The molecule has 0 atom stereocenters. The molecule has 0 amide bonds. The highest BCUT2D eigenvalue weighted by Gasteiger charge is 2.25. The summed E-state index contributed by atoms with van der Waals surface area (Å²) in [6.07, 6.45) is 0.872. The van der Waals surface area contributed by atoms with Crippen molar-refractivity contribution in [3.8, 4) is 11.1 Å². The molecule has 24 heavy (non-hydrogen) atoms. The number of rotatable bonds is 4. The fourth-order valence-corrected chi connectivity index (χ4v) is 2.79. The third-order valence-corrected chi connectivity index (χ3v) is 3.98. The molecule has 2 aromatic rings. The summed E-state index contributed by atoms with van der Waals surface area (Å²) in [4.78, 5) is 7.40. The summed E-state index contributed by atoms with van der Waals surface area (Å²) in [7, 11) is -3.80. The van der Waals surface area contributed by atoms with Gasteiger partial charge in [0.25, 0.3) is 0 Å². The van der Waals surface area contributed by atoms with Crippen molar-refractivity contribution >= 4 is 27.3 Å². The molecule has 5 nitrogen and oxygen atoms in total. The minimum absolute atomic E-state index is 0.171. The molecule has 0 bridgehead atoms. The summed E-state index contributed by atoms with van der Waals surface area (Å²) in [5, 5.41) is 1.70. The van der Waals surface area contributed by atoms with Crippen molar-refractivity contribution in [3.05, 3.63) is 34.7 Å². The van der Waals surface area contributed by atoms with Gasteiger partial charge >= 0.3 is 0 Å². The molecule has 0 saturated heterocycles. The van der Waals surface area contributed by atoms with Crippen LogP contribution in [0.5, 0.6) is 0 Å². The Morgan fingerprint density at radius 2 is 1.62 bits per heavy atom. The fourth-order valence-electron chi connectivity index (χ4n) is 1.96. The Bertz CT molecular complexity index is 881. The van der Waals surface area contributed by atoms with Crippen molar-refractivity contribution in [2.45, 2.75) is 25.0 Å². The fraction of sp³-hybridized carbons (Fsp3) is 0.286. The van der Waals surface area contributed by atoms with Gasteiger partial charge in [-0.1, -0.05) is 11.6 Å². The van der Waals surface area contributed by atoms with Gasteiger partial charge in [-0.05, 0) is 13.8 Å². The number of sulfone groups is 1. The number of nitrogens with one attached hydrogen (secondary N) is 1. The van der Waals surface area contributed by atoms with E-state index < -0.39 is 43.2 Å². The van der Waals surface area contributed by atoms with Crippen LogP contribution in [0.25, 0.3) is 11.1 Å². The summed E-state index contributed by atoms with van der Waals surface area (Å²) < 4.78 is 64.6. The molecule has 0 radical (unpaired) electrons. The summed E-state index contributed by atoms with van der Waals surface area (Å²) >= 11 is 5.96. The lowest BCUT2D eigenvalue weighted by molar-refractivity contribution is 0.547. The van der Waals surface area contributed by atoms with Crippen LogP contribution in [-0.4, -0.2) is 30.7 Å². The summed E-state index contributed by atoms with van der Waals surface area (Å²) in [5.41, 5.74) is -0.933. The lowest BCUT2D eigenvalue weighted by Gasteiger charge is -2.16. The predicted octanol–water partition coefficient (Wildman–Crippen LogP) is 3.44. The van der Waals surface area contributed by atoms with Gasteiger partial charge in [-0.2, -0.15) is 0 Å². The van der Waals surface area contributed by atoms with Crippen LogP contribution in [0.4, 0.5) is 19.0 Å². The van der Waals surface area contributed by atoms with Crippen LogP contribution in [0.1, 0.15) is 13.8 Å². The number of anilines is 1. The first-order valence-electron chi connectivity index (χ1n) is 6.69. The molecule has 0 aliphatic rings. The molecule has 0 aliphatic heterocycles. The number of aromatic nitrogens is 2. The van der Waals surface area contributed by atoms with E-state index in [9.17, 15) is 21.6 Å². The van der Waals surface area contributed by atoms with E-state index in [1.165, 1.54) is 0 Å². The maximum atomic E-state index is 14.1. The van der Waals surface area contributed by atoms with Crippen LogP contribution >= 0.6 is 11.6 Å². The molecule has 10 heteroatoms. The monoisotopic (exact) mass is 379 g/mol. The van der Waals surface area contributed by atoms with E-state index >= 15 is 0 Å². The van der Waals surface area contributed by atoms with Crippen molar-refractivity contribution in [1.82, 2.24) is 9.97 Å². The van der Waals surface area contributed by atoms with Gasteiger partial charge in [0.15, 0.2) is 0 Å². The lowest BCUT2D eigenvalue weighted by Crippen LogP contribution is -2.16. The Balaban J connectivity index is 2.83. The highest BCUT2D eigenvalue weighted by Crippen LogP contribution is 2.37. The second-order valence-electron chi connectivity index (χ2n) is 5.34. The minimum Gasteiger partial charge on any atom is -0.367 e. The van der Waals surface area contributed by atoms with Gasteiger partial charge in [-0.3, -0.25) is 0 Å². The maximum Gasteiger partial charge on any atom is 0.250 e. The number of halogens is 4. The zero-order chi connectivity index (χ0) is 18.2. The van der Waals surface area contributed by atoms with Gasteiger partial charge in [0, 0.05) is 24.4 Å². The van der Waals surface area contributed by atoms with Crippen LogP contribution in [0, 0.1) is 17.5 Å². The van der Waals surface area contributed by atoms with Gasteiger partial charge in [-0.25, -0.2) is 31.6 Å². The van der Waals surface area contributed by atoms with Crippen molar-refractivity contribution < 1.29 is 21.6 Å². The Kier molecular flexibility index (Phi) is 5.05. The molecule has 1 N–H and O–H groups in total. The molecule has 0 fully saturated rings. The molecule has 1 aromatic carbocycles. The molecule has 130 valence electrons. The smallest absolute Gasteiger partial charge is 0.250 e. The van der Waals surface area contributed by atoms with E-state index in [0.717, 1.165) is 6.26 Å². The molecule has 1 heterocycles. The molecule has 0 aliphatic carbocycles. The summed E-state index contributed by atoms with van der Waals surface area (Å²) in [5.74, 6) is -3.69. The molecular formula is C14H13ClF3N3O2S. The number of nitrogens with zero attached hydrogens (tertiary/aromatic N) is 2.